The first-order chi connectivity index (χ1) is 11.3. The van der Waals surface area contributed by atoms with Gasteiger partial charge in [0.25, 0.3) is 0 Å². The van der Waals surface area contributed by atoms with Gasteiger partial charge in [0.2, 0.25) is 5.91 Å². The van der Waals surface area contributed by atoms with Gasteiger partial charge in [-0.3, -0.25) is 4.79 Å². The minimum atomic E-state index is 0.0107. The zero-order chi connectivity index (χ0) is 17.0. The van der Waals surface area contributed by atoms with Crippen molar-refractivity contribution in [2.45, 2.75) is 84.0 Å². The highest BCUT2D eigenvalue weighted by molar-refractivity contribution is 5.75. The zero-order valence-corrected chi connectivity index (χ0v) is 15.1. The van der Waals surface area contributed by atoms with Gasteiger partial charge in [-0.05, 0) is 32.1 Å². The molecule has 0 aliphatic carbocycles. The lowest BCUT2D eigenvalue weighted by Crippen LogP contribution is -2.25. The van der Waals surface area contributed by atoms with Crippen molar-refractivity contribution in [1.82, 2.24) is 5.32 Å². The molecular weight excluding hydrogens is 286 g/mol. The first kappa shape index (κ1) is 21.9. The van der Waals surface area contributed by atoms with Crippen LogP contribution in [0.4, 0.5) is 0 Å². The van der Waals surface area contributed by atoms with Crippen LogP contribution in [0.1, 0.15) is 84.0 Å². The lowest BCUT2D eigenvalue weighted by molar-refractivity contribution is -0.121. The smallest absolute Gasteiger partial charge is 0.220 e. The van der Waals surface area contributed by atoms with Gasteiger partial charge in [-0.15, -0.1) is 0 Å². The maximum absolute atomic E-state index is 11.3. The monoisotopic (exact) mass is 323 g/mol. The molecule has 3 nitrogen and oxygen atoms in total. The second kappa shape index (κ2) is 19.0. The summed E-state index contributed by atoms with van der Waals surface area (Å²) in [7, 11) is 0. The molecule has 0 aliphatic rings. The number of hydrogen-bond donors (Lipinski definition) is 2. The third-order valence-corrected chi connectivity index (χ3v) is 3.79. The molecule has 0 radical (unpaired) electrons. The number of nitrogens with one attached hydrogen (secondary N) is 1. The molecular formula is C20H37NO2. The Bertz CT molecular complexity index is 311. The van der Waals surface area contributed by atoms with Crippen molar-refractivity contribution in [3.8, 4) is 0 Å². The molecule has 0 atom stereocenters. The number of hydrogen-bond acceptors (Lipinski definition) is 2. The van der Waals surface area contributed by atoms with Crippen LogP contribution in [0, 0.1) is 0 Å². The number of unbranched alkanes of at least 4 members (excludes halogenated alkanes) is 8. The summed E-state index contributed by atoms with van der Waals surface area (Å²) in [4.78, 5) is 11.3. The second-order valence-electron chi connectivity index (χ2n) is 6.05. The standard InChI is InChI=1S/C20H37NO2/c1-2-3-4-5-6-7-8-9-10-11-12-13-14-15-16-17-20(23)21-18-19-22/h10-11,13-14,22H,2-9,12,15-19H2,1H3,(H,21,23). The van der Waals surface area contributed by atoms with Crippen molar-refractivity contribution in [2.24, 2.45) is 0 Å². The summed E-state index contributed by atoms with van der Waals surface area (Å²) in [5, 5.41) is 11.2. The lowest BCUT2D eigenvalue weighted by atomic mass is 10.1. The van der Waals surface area contributed by atoms with E-state index in [1.807, 2.05) is 0 Å². The summed E-state index contributed by atoms with van der Waals surface area (Å²) < 4.78 is 0. The number of carbonyl (C=O) groups is 1. The average molecular weight is 324 g/mol. The number of carbonyl (C=O) groups excluding carboxylic acids is 1. The van der Waals surface area contributed by atoms with E-state index in [-0.39, 0.29) is 12.5 Å². The van der Waals surface area contributed by atoms with Crippen LogP contribution >= 0.6 is 0 Å². The van der Waals surface area contributed by atoms with Gasteiger partial charge in [0.1, 0.15) is 0 Å². The third-order valence-electron chi connectivity index (χ3n) is 3.79. The van der Waals surface area contributed by atoms with Gasteiger partial charge in [-0.1, -0.05) is 69.8 Å². The molecule has 0 fully saturated rings. The normalized spacial score (nSPS) is 11.6. The van der Waals surface area contributed by atoms with Gasteiger partial charge >= 0.3 is 0 Å². The summed E-state index contributed by atoms with van der Waals surface area (Å²) in [6.45, 7) is 2.63. The van der Waals surface area contributed by atoms with Crippen molar-refractivity contribution >= 4 is 5.91 Å². The largest absolute Gasteiger partial charge is 0.395 e. The second-order valence-corrected chi connectivity index (χ2v) is 6.05. The van der Waals surface area contributed by atoms with E-state index in [2.05, 4.69) is 36.5 Å². The topological polar surface area (TPSA) is 49.3 Å². The highest BCUT2D eigenvalue weighted by atomic mass is 16.3. The van der Waals surface area contributed by atoms with Gasteiger partial charge < -0.3 is 10.4 Å². The molecule has 2 N–H and O–H groups in total. The van der Waals surface area contributed by atoms with Crippen LogP contribution in [0.15, 0.2) is 24.3 Å². The highest BCUT2D eigenvalue weighted by Gasteiger charge is 1.97. The van der Waals surface area contributed by atoms with Crippen molar-refractivity contribution in [1.29, 1.82) is 0 Å². The number of aliphatic hydroxyl groups is 1. The van der Waals surface area contributed by atoms with Gasteiger partial charge in [-0.25, -0.2) is 0 Å². The van der Waals surface area contributed by atoms with Crippen LogP contribution < -0.4 is 5.32 Å². The zero-order valence-electron chi connectivity index (χ0n) is 15.1. The van der Waals surface area contributed by atoms with Crippen LogP contribution in [-0.2, 0) is 4.79 Å². The summed E-state index contributed by atoms with van der Waals surface area (Å²) in [6.07, 6.45) is 23.0. The van der Waals surface area contributed by atoms with E-state index in [1.165, 1.54) is 51.4 Å². The first-order valence-corrected chi connectivity index (χ1v) is 9.48. The molecule has 0 aromatic heterocycles. The molecule has 23 heavy (non-hydrogen) atoms. The summed E-state index contributed by atoms with van der Waals surface area (Å²) in [5.41, 5.74) is 0. The Morgan fingerprint density at radius 1 is 0.870 bits per heavy atom. The summed E-state index contributed by atoms with van der Waals surface area (Å²) in [5.74, 6) is 0.0297. The molecule has 0 aromatic rings. The Hall–Kier alpha value is -1.09. The predicted octanol–water partition coefficient (Wildman–Crippen LogP) is 4.91. The Labute approximate surface area is 143 Å². The quantitative estimate of drug-likeness (QED) is 0.313. The molecule has 1 amide bonds. The molecule has 0 aromatic carbocycles. The number of amides is 1. The first-order valence-electron chi connectivity index (χ1n) is 9.48. The van der Waals surface area contributed by atoms with Crippen LogP contribution in [0.2, 0.25) is 0 Å². The molecule has 3 heteroatoms. The fraction of sp³-hybridized carbons (Fsp3) is 0.750. The molecule has 0 bridgehead atoms. The van der Waals surface area contributed by atoms with E-state index in [9.17, 15) is 4.79 Å². The van der Waals surface area contributed by atoms with Crippen molar-refractivity contribution in [3.63, 3.8) is 0 Å². The maximum Gasteiger partial charge on any atom is 0.220 e. The molecule has 134 valence electrons. The van der Waals surface area contributed by atoms with Gasteiger partial charge in [-0.2, -0.15) is 0 Å². The lowest BCUT2D eigenvalue weighted by Gasteiger charge is -2.00. The number of allylic oxidation sites excluding steroid dienone is 4. The van der Waals surface area contributed by atoms with E-state index >= 15 is 0 Å². The summed E-state index contributed by atoms with van der Waals surface area (Å²) in [6, 6.07) is 0. The Kier molecular flexibility index (Phi) is 18.1. The van der Waals surface area contributed by atoms with E-state index in [1.54, 1.807) is 0 Å². The third kappa shape index (κ3) is 18.9. The minimum Gasteiger partial charge on any atom is -0.395 e. The van der Waals surface area contributed by atoms with E-state index in [0.717, 1.165) is 19.3 Å². The minimum absolute atomic E-state index is 0.0107. The Morgan fingerprint density at radius 3 is 2.13 bits per heavy atom. The van der Waals surface area contributed by atoms with E-state index in [0.29, 0.717) is 13.0 Å². The van der Waals surface area contributed by atoms with Gasteiger partial charge in [0.15, 0.2) is 0 Å². The predicted molar refractivity (Wildman–Crippen MR) is 99.5 cm³/mol. The average Bonchev–Trinajstić information content (AvgIpc) is 2.56. The number of rotatable bonds is 16. The SMILES string of the molecule is CCCCCCCCCC=CCC=CCCCC(=O)NCCO. The Balaban J connectivity index is 3.27. The van der Waals surface area contributed by atoms with Crippen LogP contribution in [-0.4, -0.2) is 24.2 Å². The highest BCUT2D eigenvalue weighted by Crippen LogP contribution is 2.08. The van der Waals surface area contributed by atoms with E-state index in [4.69, 9.17) is 5.11 Å². The fourth-order valence-corrected chi connectivity index (χ4v) is 2.39. The van der Waals surface area contributed by atoms with E-state index < -0.39 is 0 Å². The van der Waals surface area contributed by atoms with Crippen LogP contribution in [0.25, 0.3) is 0 Å². The fourth-order valence-electron chi connectivity index (χ4n) is 2.39. The van der Waals surface area contributed by atoms with Crippen molar-refractivity contribution in [3.05, 3.63) is 24.3 Å². The molecule has 0 spiro atoms. The maximum atomic E-state index is 11.3. The molecule has 0 aliphatic heterocycles. The Morgan fingerprint density at radius 2 is 1.48 bits per heavy atom. The van der Waals surface area contributed by atoms with Crippen LogP contribution in [0.3, 0.4) is 0 Å². The molecule has 0 saturated heterocycles. The summed E-state index contributed by atoms with van der Waals surface area (Å²) >= 11 is 0. The van der Waals surface area contributed by atoms with Crippen LogP contribution in [0.5, 0.6) is 0 Å². The van der Waals surface area contributed by atoms with Crippen molar-refractivity contribution in [2.75, 3.05) is 13.2 Å². The molecule has 0 heterocycles. The van der Waals surface area contributed by atoms with Gasteiger partial charge in [0, 0.05) is 13.0 Å². The molecule has 0 rings (SSSR count). The number of aliphatic hydroxyl groups excluding tert-OH is 1. The van der Waals surface area contributed by atoms with Crippen molar-refractivity contribution < 1.29 is 9.90 Å². The van der Waals surface area contributed by atoms with Gasteiger partial charge in [0.05, 0.1) is 6.61 Å². The molecule has 0 unspecified atom stereocenters. The molecule has 0 saturated carbocycles.